The zero-order valence-corrected chi connectivity index (χ0v) is 12.2. The smallest absolute Gasteiger partial charge is 0.410 e. The van der Waals surface area contributed by atoms with Crippen LogP contribution in [0.3, 0.4) is 0 Å². The van der Waals surface area contributed by atoms with Crippen molar-refractivity contribution in [3.05, 3.63) is 0 Å². The number of carbonyl (C=O) groups is 1. The van der Waals surface area contributed by atoms with Crippen molar-refractivity contribution >= 4 is 6.09 Å². The maximum absolute atomic E-state index is 11.9. The van der Waals surface area contributed by atoms with E-state index in [1.54, 1.807) is 4.90 Å². The Hall–Kier alpha value is -0.770. The highest BCUT2D eigenvalue weighted by Gasteiger charge is 2.27. The summed E-state index contributed by atoms with van der Waals surface area (Å²) in [5.41, 5.74) is -0.424. The molecular formula is C14H27NO3. The van der Waals surface area contributed by atoms with Crippen LogP contribution in [0.5, 0.6) is 0 Å². The number of carbonyl (C=O) groups excluding carboxylic acids is 1. The fourth-order valence-corrected chi connectivity index (χ4v) is 1.96. The van der Waals surface area contributed by atoms with Crippen molar-refractivity contribution in [1.29, 1.82) is 0 Å². The van der Waals surface area contributed by atoms with Gasteiger partial charge in [0.15, 0.2) is 0 Å². The minimum Gasteiger partial charge on any atom is -0.444 e. The van der Waals surface area contributed by atoms with Crippen molar-refractivity contribution in [2.45, 2.75) is 65.1 Å². The molecule has 1 rings (SSSR count). The van der Waals surface area contributed by atoms with Gasteiger partial charge in [-0.05, 0) is 40.0 Å². The molecule has 1 heterocycles. The third-order valence-corrected chi connectivity index (χ3v) is 2.88. The van der Waals surface area contributed by atoms with Gasteiger partial charge in [-0.3, -0.25) is 0 Å². The molecule has 1 saturated heterocycles. The van der Waals surface area contributed by atoms with Crippen LogP contribution in [0, 0.1) is 0 Å². The summed E-state index contributed by atoms with van der Waals surface area (Å²) in [5, 5.41) is 0. The number of likely N-dealkylation sites (tertiary alicyclic amines) is 1. The van der Waals surface area contributed by atoms with Crippen molar-refractivity contribution in [1.82, 2.24) is 4.90 Å². The van der Waals surface area contributed by atoms with Gasteiger partial charge in [0.2, 0.25) is 0 Å². The predicted molar refractivity (Wildman–Crippen MR) is 71.7 cm³/mol. The Morgan fingerprint density at radius 3 is 2.72 bits per heavy atom. The number of amides is 1. The second kappa shape index (κ2) is 6.98. The third kappa shape index (κ3) is 5.71. The molecule has 0 aliphatic carbocycles. The molecule has 0 spiro atoms. The Morgan fingerprint density at radius 1 is 1.39 bits per heavy atom. The molecule has 0 N–H and O–H groups in total. The van der Waals surface area contributed by atoms with Gasteiger partial charge in [-0.25, -0.2) is 4.79 Å². The molecule has 4 heteroatoms. The van der Waals surface area contributed by atoms with E-state index in [0.29, 0.717) is 6.54 Å². The molecule has 0 aromatic heterocycles. The van der Waals surface area contributed by atoms with Crippen molar-refractivity contribution in [3.8, 4) is 0 Å². The lowest BCUT2D eigenvalue weighted by atomic mass is 10.1. The highest BCUT2D eigenvalue weighted by molar-refractivity contribution is 5.68. The largest absolute Gasteiger partial charge is 0.444 e. The maximum atomic E-state index is 11.9. The number of ether oxygens (including phenoxy) is 2. The minimum absolute atomic E-state index is 0.179. The lowest BCUT2D eigenvalue weighted by Gasteiger charge is -2.34. The molecule has 106 valence electrons. The van der Waals surface area contributed by atoms with E-state index in [1.807, 2.05) is 20.8 Å². The summed E-state index contributed by atoms with van der Waals surface area (Å²) in [6.07, 6.45) is 4.23. The topological polar surface area (TPSA) is 38.8 Å². The number of nitrogens with zero attached hydrogens (tertiary/aromatic N) is 1. The predicted octanol–water partition coefficient (Wildman–Crippen LogP) is 3.20. The molecule has 0 aromatic carbocycles. The lowest BCUT2D eigenvalue weighted by molar-refractivity contribution is -0.0208. The minimum atomic E-state index is -0.424. The van der Waals surface area contributed by atoms with Gasteiger partial charge >= 0.3 is 6.09 Å². The van der Waals surface area contributed by atoms with Crippen LogP contribution in [0.1, 0.15) is 53.4 Å². The maximum Gasteiger partial charge on any atom is 0.410 e. The van der Waals surface area contributed by atoms with Gasteiger partial charge in [0.1, 0.15) is 5.60 Å². The van der Waals surface area contributed by atoms with Gasteiger partial charge in [0, 0.05) is 13.2 Å². The van der Waals surface area contributed by atoms with Crippen molar-refractivity contribution in [3.63, 3.8) is 0 Å². The zero-order valence-electron chi connectivity index (χ0n) is 12.2. The molecule has 0 saturated carbocycles. The Bertz CT molecular complexity index is 260. The molecule has 1 aliphatic heterocycles. The average Bonchev–Trinajstić information content (AvgIpc) is 2.27. The molecule has 0 bridgehead atoms. The van der Waals surface area contributed by atoms with Crippen LogP contribution >= 0.6 is 0 Å². The summed E-state index contributed by atoms with van der Waals surface area (Å²) in [6.45, 7) is 10.1. The summed E-state index contributed by atoms with van der Waals surface area (Å²) in [4.78, 5) is 13.7. The van der Waals surface area contributed by atoms with Crippen molar-refractivity contribution in [2.24, 2.45) is 0 Å². The van der Waals surface area contributed by atoms with E-state index >= 15 is 0 Å². The molecule has 0 aromatic rings. The molecule has 0 unspecified atom stereocenters. The van der Waals surface area contributed by atoms with Gasteiger partial charge in [-0.2, -0.15) is 0 Å². The normalized spacial score (nSPS) is 20.9. The van der Waals surface area contributed by atoms with E-state index in [2.05, 4.69) is 6.92 Å². The van der Waals surface area contributed by atoms with Crippen LogP contribution in [0.25, 0.3) is 0 Å². The van der Waals surface area contributed by atoms with E-state index in [0.717, 1.165) is 38.8 Å². The first-order valence-electron chi connectivity index (χ1n) is 7.02. The van der Waals surface area contributed by atoms with Gasteiger partial charge in [-0.1, -0.05) is 13.3 Å². The zero-order chi connectivity index (χ0) is 13.6. The Morgan fingerprint density at radius 2 is 2.11 bits per heavy atom. The van der Waals surface area contributed by atoms with Gasteiger partial charge < -0.3 is 14.4 Å². The highest BCUT2D eigenvalue weighted by Crippen LogP contribution is 2.17. The second-order valence-electron chi connectivity index (χ2n) is 5.91. The molecule has 1 amide bonds. The SMILES string of the molecule is CCCCO[C@H]1CCCN(C(=O)OC(C)(C)C)C1. The first kappa shape index (κ1) is 15.3. The van der Waals surface area contributed by atoms with Crippen LogP contribution < -0.4 is 0 Å². The fraction of sp³-hybridized carbons (Fsp3) is 0.929. The third-order valence-electron chi connectivity index (χ3n) is 2.88. The van der Waals surface area contributed by atoms with E-state index in [9.17, 15) is 4.79 Å². The van der Waals surface area contributed by atoms with Gasteiger partial charge in [0.05, 0.1) is 12.6 Å². The lowest BCUT2D eigenvalue weighted by Crippen LogP contribution is -2.45. The van der Waals surface area contributed by atoms with Gasteiger partial charge in [0.25, 0.3) is 0 Å². The standard InChI is InChI=1S/C14H27NO3/c1-5-6-10-17-12-8-7-9-15(11-12)13(16)18-14(2,3)4/h12H,5-11H2,1-4H3/t12-/m0/s1. The van der Waals surface area contributed by atoms with Crippen molar-refractivity contribution in [2.75, 3.05) is 19.7 Å². The van der Waals surface area contributed by atoms with Crippen LogP contribution in [-0.4, -0.2) is 42.4 Å². The van der Waals surface area contributed by atoms with Crippen LogP contribution in [0.2, 0.25) is 0 Å². The number of hydrogen-bond donors (Lipinski definition) is 0. The van der Waals surface area contributed by atoms with Crippen LogP contribution in [0.4, 0.5) is 4.79 Å². The molecular weight excluding hydrogens is 230 g/mol. The highest BCUT2D eigenvalue weighted by atomic mass is 16.6. The second-order valence-corrected chi connectivity index (χ2v) is 5.91. The summed E-state index contributed by atoms with van der Waals surface area (Å²) >= 11 is 0. The number of piperidine rings is 1. The molecule has 1 aliphatic rings. The number of hydrogen-bond acceptors (Lipinski definition) is 3. The van der Waals surface area contributed by atoms with Crippen LogP contribution in [-0.2, 0) is 9.47 Å². The number of unbranched alkanes of at least 4 members (excludes halogenated alkanes) is 1. The quantitative estimate of drug-likeness (QED) is 0.726. The first-order valence-corrected chi connectivity index (χ1v) is 7.02. The Kier molecular flexibility index (Phi) is 5.93. The van der Waals surface area contributed by atoms with Crippen molar-refractivity contribution < 1.29 is 14.3 Å². The molecule has 4 nitrogen and oxygen atoms in total. The van der Waals surface area contributed by atoms with E-state index in [1.165, 1.54) is 0 Å². The Labute approximate surface area is 111 Å². The summed E-state index contributed by atoms with van der Waals surface area (Å²) < 4.78 is 11.2. The molecule has 0 radical (unpaired) electrons. The first-order chi connectivity index (χ1) is 8.42. The summed E-state index contributed by atoms with van der Waals surface area (Å²) in [5.74, 6) is 0. The van der Waals surface area contributed by atoms with Gasteiger partial charge in [-0.15, -0.1) is 0 Å². The molecule has 18 heavy (non-hydrogen) atoms. The molecule has 1 fully saturated rings. The monoisotopic (exact) mass is 257 g/mol. The summed E-state index contributed by atoms with van der Waals surface area (Å²) in [6, 6.07) is 0. The number of rotatable bonds is 4. The average molecular weight is 257 g/mol. The van der Waals surface area contributed by atoms with E-state index in [-0.39, 0.29) is 12.2 Å². The summed E-state index contributed by atoms with van der Waals surface area (Å²) in [7, 11) is 0. The van der Waals surface area contributed by atoms with Crippen LogP contribution in [0.15, 0.2) is 0 Å². The fourth-order valence-electron chi connectivity index (χ4n) is 1.96. The molecule has 1 atom stereocenters. The van der Waals surface area contributed by atoms with E-state index < -0.39 is 5.60 Å². The Balaban J connectivity index is 2.36. The van der Waals surface area contributed by atoms with E-state index in [4.69, 9.17) is 9.47 Å².